The minimum Gasteiger partial charge on any atom is -0.466 e. The van der Waals surface area contributed by atoms with Crippen LogP contribution >= 0.6 is 0 Å². The molecule has 0 amide bonds. The summed E-state index contributed by atoms with van der Waals surface area (Å²) in [6, 6.07) is 3.91. The van der Waals surface area contributed by atoms with Gasteiger partial charge in [-0.25, -0.2) is 4.98 Å². The fraction of sp³-hybridized carbons (Fsp3) is 0.364. The average Bonchev–Trinajstić information content (AvgIpc) is 2.79. The van der Waals surface area contributed by atoms with Crippen molar-refractivity contribution in [3.63, 3.8) is 0 Å². The van der Waals surface area contributed by atoms with E-state index in [0.29, 0.717) is 6.54 Å². The Bertz CT molecular complexity index is 444. The molecular weight excluding hydrogens is 190 g/mol. The summed E-state index contributed by atoms with van der Waals surface area (Å²) in [5.74, 6) is 2.76. The Hall–Kier alpha value is -1.55. The lowest BCUT2D eigenvalue weighted by Crippen LogP contribution is -2.17. The summed E-state index contributed by atoms with van der Waals surface area (Å²) in [6.07, 6.45) is 3.68. The Kier molecular flexibility index (Phi) is 2.60. The van der Waals surface area contributed by atoms with Gasteiger partial charge in [0, 0.05) is 26.0 Å². The van der Waals surface area contributed by atoms with Crippen LogP contribution in [0.25, 0.3) is 0 Å². The molecule has 0 fully saturated rings. The van der Waals surface area contributed by atoms with Crippen LogP contribution in [-0.2, 0) is 7.05 Å². The quantitative estimate of drug-likeness (QED) is 0.824. The van der Waals surface area contributed by atoms with Crippen molar-refractivity contribution in [2.75, 3.05) is 6.54 Å². The number of hydrogen-bond acceptors (Lipinski definition) is 3. The van der Waals surface area contributed by atoms with E-state index in [0.717, 1.165) is 17.3 Å². The van der Waals surface area contributed by atoms with E-state index >= 15 is 0 Å². The van der Waals surface area contributed by atoms with E-state index in [1.165, 1.54) is 0 Å². The maximum atomic E-state index is 5.76. The largest absolute Gasteiger partial charge is 0.466 e. The Labute approximate surface area is 88.7 Å². The minimum atomic E-state index is 0.0405. The van der Waals surface area contributed by atoms with Gasteiger partial charge in [-0.2, -0.15) is 0 Å². The van der Waals surface area contributed by atoms with Gasteiger partial charge in [-0.3, -0.25) is 0 Å². The van der Waals surface area contributed by atoms with Crippen molar-refractivity contribution < 1.29 is 4.42 Å². The van der Waals surface area contributed by atoms with Crippen molar-refractivity contribution in [1.29, 1.82) is 0 Å². The molecule has 0 spiro atoms. The molecule has 80 valence electrons. The summed E-state index contributed by atoms with van der Waals surface area (Å²) in [7, 11) is 1.96. The van der Waals surface area contributed by atoms with Gasteiger partial charge >= 0.3 is 0 Å². The molecule has 4 heteroatoms. The number of nitrogens with zero attached hydrogens (tertiary/aromatic N) is 2. The molecule has 2 rings (SSSR count). The van der Waals surface area contributed by atoms with Crippen molar-refractivity contribution in [1.82, 2.24) is 9.55 Å². The third kappa shape index (κ3) is 1.80. The molecule has 1 unspecified atom stereocenters. The van der Waals surface area contributed by atoms with Crippen LogP contribution in [0.1, 0.15) is 23.3 Å². The molecule has 0 radical (unpaired) electrons. The lowest BCUT2D eigenvalue weighted by atomic mass is 10.1. The van der Waals surface area contributed by atoms with E-state index in [-0.39, 0.29) is 5.92 Å². The second kappa shape index (κ2) is 3.90. The number of aryl methyl sites for hydroxylation is 2. The molecule has 15 heavy (non-hydrogen) atoms. The number of imidazole rings is 1. The Balaban J connectivity index is 2.36. The van der Waals surface area contributed by atoms with Crippen molar-refractivity contribution in [2.45, 2.75) is 12.8 Å². The zero-order valence-electron chi connectivity index (χ0n) is 8.97. The first kappa shape index (κ1) is 9.98. The van der Waals surface area contributed by atoms with E-state index in [1.807, 2.05) is 36.9 Å². The van der Waals surface area contributed by atoms with Gasteiger partial charge in [0.1, 0.15) is 17.3 Å². The maximum Gasteiger partial charge on any atom is 0.120 e. The van der Waals surface area contributed by atoms with E-state index in [9.17, 15) is 0 Å². The van der Waals surface area contributed by atoms with Crippen LogP contribution < -0.4 is 5.73 Å². The Morgan fingerprint density at radius 1 is 1.53 bits per heavy atom. The third-order valence-electron chi connectivity index (χ3n) is 2.51. The van der Waals surface area contributed by atoms with Crippen LogP contribution in [0.3, 0.4) is 0 Å². The third-order valence-corrected chi connectivity index (χ3v) is 2.51. The normalized spacial score (nSPS) is 13.0. The molecule has 0 bridgehead atoms. The summed E-state index contributed by atoms with van der Waals surface area (Å²) in [5, 5.41) is 0. The van der Waals surface area contributed by atoms with Gasteiger partial charge in [0.15, 0.2) is 0 Å². The van der Waals surface area contributed by atoms with E-state index in [1.54, 1.807) is 6.20 Å². The molecule has 0 saturated heterocycles. The average molecular weight is 205 g/mol. The Morgan fingerprint density at radius 2 is 2.33 bits per heavy atom. The smallest absolute Gasteiger partial charge is 0.120 e. The summed E-state index contributed by atoms with van der Waals surface area (Å²) in [4.78, 5) is 4.30. The second-order valence-corrected chi connectivity index (χ2v) is 3.63. The van der Waals surface area contributed by atoms with Gasteiger partial charge < -0.3 is 14.7 Å². The fourth-order valence-electron chi connectivity index (χ4n) is 1.70. The summed E-state index contributed by atoms with van der Waals surface area (Å²) in [6.45, 7) is 2.42. The zero-order chi connectivity index (χ0) is 10.8. The first-order chi connectivity index (χ1) is 7.22. The van der Waals surface area contributed by atoms with Crippen LogP contribution in [0.15, 0.2) is 28.9 Å². The van der Waals surface area contributed by atoms with Crippen molar-refractivity contribution in [2.24, 2.45) is 12.8 Å². The van der Waals surface area contributed by atoms with Gasteiger partial charge in [-0.15, -0.1) is 0 Å². The molecule has 0 aliphatic rings. The number of hydrogen-bond donors (Lipinski definition) is 1. The highest BCUT2D eigenvalue weighted by Gasteiger charge is 2.19. The molecule has 2 N–H and O–H groups in total. The monoisotopic (exact) mass is 205 g/mol. The highest BCUT2D eigenvalue weighted by Crippen LogP contribution is 2.23. The lowest BCUT2D eigenvalue weighted by Gasteiger charge is -2.11. The number of nitrogens with two attached hydrogens (primary N) is 1. The SMILES string of the molecule is Cc1ccc(C(CN)c2nccn2C)o1. The molecule has 2 aromatic heterocycles. The van der Waals surface area contributed by atoms with E-state index in [2.05, 4.69) is 4.98 Å². The standard InChI is InChI=1S/C11H15N3O/c1-8-3-4-10(15-8)9(7-12)11-13-5-6-14(11)2/h3-6,9H,7,12H2,1-2H3. The van der Waals surface area contributed by atoms with Crippen LogP contribution in [0, 0.1) is 6.92 Å². The number of furan rings is 1. The van der Waals surface area contributed by atoms with Crippen molar-refractivity contribution in [3.8, 4) is 0 Å². The zero-order valence-corrected chi connectivity index (χ0v) is 8.97. The fourth-order valence-corrected chi connectivity index (χ4v) is 1.70. The van der Waals surface area contributed by atoms with Crippen molar-refractivity contribution in [3.05, 3.63) is 41.9 Å². The van der Waals surface area contributed by atoms with Gasteiger partial charge in [-0.05, 0) is 19.1 Å². The first-order valence-corrected chi connectivity index (χ1v) is 4.96. The van der Waals surface area contributed by atoms with Crippen LogP contribution in [-0.4, -0.2) is 16.1 Å². The topological polar surface area (TPSA) is 57.0 Å². The molecule has 4 nitrogen and oxygen atoms in total. The van der Waals surface area contributed by atoms with E-state index in [4.69, 9.17) is 10.2 Å². The lowest BCUT2D eigenvalue weighted by molar-refractivity contribution is 0.454. The molecule has 0 aliphatic heterocycles. The van der Waals surface area contributed by atoms with Gasteiger partial charge in [0.25, 0.3) is 0 Å². The molecule has 2 aromatic rings. The van der Waals surface area contributed by atoms with Gasteiger partial charge in [-0.1, -0.05) is 0 Å². The maximum absolute atomic E-state index is 5.76. The molecule has 1 atom stereocenters. The summed E-state index contributed by atoms with van der Waals surface area (Å²) in [5.41, 5.74) is 5.76. The summed E-state index contributed by atoms with van der Waals surface area (Å²) >= 11 is 0. The van der Waals surface area contributed by atoms with Gasteiger partial charge in [0.2, 0.25) is 0 Å². The Morgan fingerprint density at radius 3 is 2.80 bits per heavy atom. The van der Waals surface area contributed by atoms with Crippen molar-refractivity contribution >= 4 is 0 Å². The molecule has 2 heterocycles. The highest BCUT2D eigenvalue weighted by molar-refractivity contribution is 5.19. The van der Waals surface area contributed by atoms with Crippen LogP contribution in [0.2, 0.25) is 0 Å². The number of aromatic nitrogens is 2. The predicted molar refractivity (Wildman–Crippen MR) is 57.6 cm³/mol. The van der Waals surface area contributed by atoms with E-state index < -0.39 is 0 Å². The van der Waals surface area contributed by atoms with Crippen LogP contribution in [0.4, 0.5) is 0 Å². The molecule has 0 saturated carbocycles. The number of rotatable bonds is 3. The second-order valence-electron chi connectivity index (χ2n) is 3.63. The molecule has 0 aromatic carbocycles. The molecular formula is C11H15N3O. The molecule has 0 aliphatic carbocycles. The minimum absolute atomic E-state index is 0.0405. The predicted octanol–water partition coefficient (Wildman–Crippen LogP) is 1.41. The highest BCUT2D eigenvalue weighted by atomic mass is 16.3. The van der Waals surface area contributed by atoms with Crippen LogP contribution in [0.5, 0.6) is 0 Å². The van der Waals surface area contributed by atoms with Gasteiger partial charge in [0.05, 0.1) is 5.92 Å². The summed E-state index contributed by atoms with van der Waals surface area (Å²) < 4.78 is 7.55. The first-order valence-electron chi connectivity index (χ1n) is 4.96.